The maximum absolute atomic E-state index is 12.0. The number of amides is 3. The SMILES string of the molecule is CO[C@H](C)C(=O)N(N)C(=O)C1CC(NC(=O)c2ccno2)C1. The third-order valence-corrected chi connectivity index (χ3v) is 3.66. The number of imide groups is 1. The molecule has 0 radical (unpaired) electrons. The van der Waals surface area contributed by atoms with E-state index in [1.54, 1.807) is 0 Å². The fraction of sp³-hybridized carbons (Fsp3) is 0.538. The summed E-state index contributed by atoms with van der Waals surface area (Å²) in [7, 11) is 1.36. The highest BCUT2D eigenvalue weighted by Gasteiger charge is 2.39. The molecule has 3 amide bonds. The first kappa shape index (κ1) is 16.1. The van der Waals surface area contributed by atoms with Crippen molar-refractivity contribution in [3.8, 4) is 0 Å². The number of aromatic nitrogens is 1. The van der Waals surface area contributed by atoms with E-state index < -0.39 is 23.8 Å². The lowest BCUT2D eigenvalue weighted by Gasteiger charge is -2.36. The van der Waals surface area contributed by atoms with E-state index in [1.165, 1.54) is 26.3 Å². The largest absolute Gasteiger partial charge is 0.372 e. The zero-order chi connectivity index (χ0) is 16.3. The van der Waals surface area contributed by atoms with Gasteiger partial charge in [0.05, 0.1) is 6.20 Å². The molecule has 0 aromatic carbocycles. The number of methoxy groups -OCH3 is 1. The summed E-state index contributed by atoms with van der Waals surface area (Å²) < 4.78 is 9.56. The van der Waals surface area contributed by atoms with Gasteiger partial charge >= 0.3 is 0 Å². The van der Waals surface area contributed by atoms with E-state index in [0.717, 1.165) is 0 Å². The van der Waals surface area contributed by atoms with E-state index in [-0.39, 0.29) is 17.7 Å². The molecule has 0 saturated heterocycles. The average molecular weight is 310 g/mol. The number of hydrogen-bond donors (Lipinski definition) is 2. The fourth-order valence-corrected chi connectivity index (χ4v) is 2.13. The maximum atomic E-state index is 12.0. The summed E-state index contributed by atoms with van der Waals surface area (Å²) in [6.45, 7) is 1.51. The second-order valence-electron chi connectivity index (χ2n) is 5.14. The lowest BCUT2D eigenvalue weighted by molar-refractivity contribution is -0.155. The molecule has 1 aromatic heterocycles. The van der Waals surface area contributed by atoms with Crippen LogP contribution in [0.25, 0.3) is 0 Å². The van der Waals surface area contributed by atoms with Gasteiger partial charge in [0.15, 0.2) is 0 Å². The molecule has 120 valence electrons. The number of nitrogens with zero attached hydrogens (tertiary/aromatic N) is 2. The highest BCUT2D eigenvalue weighted by molar-refractivity contribution is 5.98. The first-order chi connectivity index (χ1) is 10.4. The maximum Gasteiger partial charge on any atom is 0.290 e. The number of hydrogen-bond acceptors (Lipinski definition) is 7. The van der Waals surface area contributed by atoms with E-state index in [9.17, 15) is 14.4 Å². The zero-order valence-electron chi connectivity index (χ0n) is 12.3. The molecule has 1 fully saturated rings. The molecule has 1 aliphatic rings. The number of ether oxygens (including phenoxy) is 1. The van der Waals surface area contributed by atoms with Crippen molar-refractivity contribution in [3.63, 3.8) is 0 Å². The molecule has 2 rings (SSSR count). The van der Waals surface area contributed by atoms with Gasteiger partial charge in [0.25, 0.3) is 11.8 Å². The number of hydrazine groups is 1. The summed E-state index contributed by atoms with van der Waals surface area (Å²) in [5.41, 5.74) is 0. The predicted molar refractivity (Wildman–Crippen MR) is 73.0 cm³/mol. The third kappa shape index (κ3) is 3.31. The highest BCUT2D eigenvalue weighted by atomic mass is 16.5. The van der Waals surface area contributed by atoms with E-state index in [0.29, 0.717) is 17.9 Å². The highest BCUT2D eigenvalue weighted by Crippen LogP contribution is 2.29. The van der Waals surface area contributed by atoms with Crippen molar-refractivity contribution in [1.82, 2.24) is 15.5 Å². The molecule has 0 unspecified atom stereocenters. The minimum atomic E-state index is -0.782. The zero-order valence-corrected chi connectivity index (χ0v) is 12.3. The van der Waals surface area contributed by atoms with Crippen LogP contribution in [0.15, 0.2) is 16.8 Å². The van der Waals surface area contributed by atoms with Crippen LogP contribution in [0.3, 0.4) is 0 Å². The molecular weight excluding hydrogens is 292 g/mol. The summed E-state index contributed by atoms with van der Waals surface area (Å²) in [5.74, 6) is 3.78. The monoisotopic (exact) mass is 310 g/mol. The average Bonchev–Trinajstić information content (AvgIpc) is 3.01. The summed E-state index contributed by atoms with van der Waals surface area (Å²) in [6, 6.07) is 1.29. The van der Waals surface area contributed by atoms with Crippen molar-refractivity contribution in [1.29, 1.82) is 0 Å². The molecule has 22 heavy (non-hydrogen) atoms. The molecule has 3 N–H and O–H groups in total. The Balaban J connectivity index is 1.79. The van der Waals surface area contributed by atoms with Gasteiger partial charge in [0, 0.05) is 25.1 Å². The molecular formula is C13H18N4O5. The Morgan fingerprint density at radius 1 is 1.50 bits per heavy atom. The number of nitrogens with two attached hydrogens (primary N) is 1. The van der Waals surface area contributed by atoms with Crippen molar-refractivity contribution >= 4 is 17.7 Å². The van der Waals surface area contributed by atoms with Crippen LogP contribution >= 0.6 is 0 Å². The Hall–Kier alpha value is -2.26. The van der Waals surface area contributed by atoms with E-state index in [2.05, 4.69) is 10.5 Å². The molecule has 1 saturated carbocycles. The summed E-state index contributed by atoms with van der Waals surface area (Å²) in [5, 5.41) is 6.74. The van der Waals surface area contributed by atoms with Crippen LogP contribution in [0.1, 0.15) is 30.3 Å². The van der Waals surface area contributed by atoms with Crippen molar-refractivity contribution in [2.24, 2.45) is 11.8 Å². The van der Waals surface area contributed by atoms with Crippen molar-refractivity contribution in [3.05, 3.63) is 18.0 Å². The van der Waals surface area contributed by atoms with Gasteiger partial charge in [-0.1, -0.05) is 5.16 Å². The number of carbonyl (C=O) groups is 3. The quantitative estimate of drug-likeness (QED) is 0.424. The number of rotatable bonds is 5. The van der Waals surface area contributed by atoms with Crippen molar-refractivity contribution < 1.29 is 23.6 Å². The normalized spacial score (nSPS) is 21.6. The van der Waals surface area contributed by atoms with Gasteiger partial charge in [-0.05, 0) is 19.8 Å². The smallest absolute Gasteiger partial charge is 0.290 e. The lowest BCUT2D eigenvalue weighted by Crippen LogP contribution is -2.55. The van der Waals surface area contributed by atoms with Gasteiger partial charge in [-0.3, -0.25) is 14.4 Å². The molecule has 1 aromatic rings. The first-order valence-electron chi connectivity index (χ1n) is 6.81. The Labute approximate surface area is 126 Å². The molecule has 9 nitrogen and oxygen atoms in total. The third-order valence-electron chi connectivity index (χ3n) is 3.66. The van der Waals surface area contributed by atoms with Crippen LogP contribution in [0.2, 0.25) is 0 Å². The Bertz CT molecular complexity index is 553. The molecule has 9 heteroatoms. The predicted octanol–water partition coefficient (Wildman–Crippen LogP) is -0.553. The van der Waals surface area contributed by atoms with E-state index in [1.807, 2.05) is 0 Å². The van der Waals surface area contributed by atoms with Gasteiger partial charge < -0.3 is 14.6 Å². The van der Waals surface area contributed by atoms with Gasteiger partial charge in [0.2, 0.25) is 11.7 Å². The molecule has 0 spiro atoms. The molecule has 1 heterocycles. The molecule has 0 bridgehead atoms. The molecule has 1 atom stereocenters. The number of nitrogens with one attached hydrogen (secondary N) is 1. The van der Waals surface area contributed by atoms with Crippen LogP contribution < -0.4 is 11.2 Å². The van der Waals surface area contributed by atoms with Crippen molar-refractivity contribution in [2.75, 3.05) is 7.11 Å². The topological polar surface area (TPSA) is 128 Å². The first-order valence-corrected chi connectivity index (χ1v) is 6.81. The van der Waals surface area contributed by atoms with Gasteiger partial charge in [-0.15, -0.1) is 0 Å². The second kappa shape index (κ2) is 6.67. The molecule has 0 aliphatic heterocycles. The Morgan fingerprint density at radius 3 is 2.73 bits per heavy atom. The second-order valence-corrected chi connectivity index (χ2v) is 5.14. The van der Waals surface area contributed by atoms with Gasteiger partial charge in [-0.25, -0.2) is 10.9 Å². The van der Waals surface area contributed by atoms with Gasteiger partial charge in [0.1, 0.15) is 6.10 Å². The van der Waals surface area contributed by atoms with Crippen LogP contribution in [0.4, 0.5) is 0 Å². The van der Waals surface area contributed by atoms with Crippen LogP contribution in [-0.2, 0) is 14.3 Å². The fourth-order valence-electron chi connectivity index (χ4n) is 2.13. The van der Waals surface area contributed by atoms with Crippen LogP contribution in [0.5, 0.6) is 0 Å². The Morgan fingerprint density at radius 2 is 2.18 bits per heavy atom. The minimum absolute atomic E-state index is 0.110. The van der Waals surface area contributed by atoms with E-state index in [4.69, 9.17) is 15.1 Å². The number of carbonyl (C=O) groups excluding carboxylic acids is 3. The van der Waals surface area contributed by atoms with Crippen LogP contribution in [-0.4, -0.2) is 47.1 Å². The van der Waals surface area contributed by atoms with Gasteiger partial charge in [-0.2, -0.15) is 0 Å². The summed E-state index contributed by atoms with van der Waals surface area (Å²) in [4.78, 5) is 35.5. The Kier molecular flexibility index (Phi) is 4.88. The lowest BCUT2D eigenvalue weighted by atomic mass is 9.79. The van der Waals surface area contributed by atoms with Crippen LogP contribution in [0, 0.1) is 5.92 Å². The minimum Gasteiger partial charge on any atom is -0.372 e. The summed E-state index contributed by atoms with van der Waals surface area (Å²) in [6.07, 6.45) is 1.43. The van der Waals surface area contributed by atoms with Crippen molar-refractivity contribution in [2.45, 2.75) is 31.9 Å². The standard InChI is InChI=1S/C13H18N4O5/c1-7(21-2)12(19)17(14)13(20)8-5-9(6-8)16-11(18)10-3-4-15-22-10/h3-4,7-9H,5-6,14H2,1-2H3,(H,16,18)/t7-,8?,9?/m1/s1. The van der Waals surface area contributed by atoms with E-state index >= 15 is 0 Å². The molecule has 1 aliphatic carbocycles. The summed E-state index contributed by atoms with van der Waals surface area (Å²) >= 11 is 0.